The Morgan fingerprint density at radius 2 is 2.04 bits per heavy atom. The third-order valence-electron chi connectivity index (χ3n) is 3.98. The fourth-order valence-electron chi connectivity index (χ4n) is 2.45. The Morgan fingerprint density at radius 1 is 1.32 bits per heavy atom. The molecule has 0 bridgehead atoms. The maximum Gasteiger partial charge on any atom is 0.253 e. The first-order chi connectivity index (χ1) is 11.9. The van der Waals surface area contributed by atoms with Gasteiger partial charge in [0, 0.05) is 31.5 Å². The molecule has 0 spiro atoms. The Morgan fingerprint density at radius 3 is 2.68 bits per heavy atom. The summed E-state index contributed by atoms with van der Waals surface area (Å²) < 4.78 is 37.9. The van der Waals surface area contributed by atoms with E-state index in [0.29, 0.717) is 24.9 Å². The van der Waals surface area contributed by atoms with Crippen molar-refractivity contribution >= 4 is 10.0 Å². The lowest BCUT2D eigenvalue weighted by atomic mass is 10.1. The van der Waals surface area contributed by atoms with Gasteiger partial charge < -0.3 is 14.3 Å². The van der Waals surface area contributed by atoms with Gasteiger partial charge in [-0.25, -0.2) is 8.42 Å². The zero-order valence-corrected chi connectivity index (χ0v) is 14.9. The highest BCUT2D eigenvalue weighted by Crippen LogP contribution is 2.31. The van der Waals surface area contributed by atoms with Gasteiger partial charge in [-0.15, -0.1) is 10.2 Å². The maximum absolute atomic E-state index is 12.7. The number of benzene rings is 1. The van der Waals surface area contributed by atoms with Gasteiger partial charge in [0.2, 0.25) is 15.9 Å². The molecular formula is C16H21N3O5S. The number of aromatic nitrogens is 2. The van der Waals surface area contributed by atoms with E-state index in [1.165, 1.54) is 10.4 Å². The van der Waals surface area contributed by atoms with E-state index in [0.717, 1.165) is 0 Å². The first-order valence-electron chi connectivity index (χ1n) is 8.07. The van der Waals surface area contributed by atoms with Crippen LogP contribution in [-0.2, 0) is 16.6 Å². The molecule has 1 aliphatic rings. The summed E-state index contributed by atoms with van der Waals surface area (Å²) in [6.07, 6.45) is 0. The molecule has 0 atom stereocenters. The summed E-state index contributed by atoms with van der Waals surface area (Å²) in [5, 5.41) is 16.9. The van der Waals surface area contributed by atoms with Crippen molar-refractivity contribution in [3.05, 3.63) is 36.0 Å². The van der Waals surface area contributed by atoms with E-state index in [9.17, 15) is 8.42 Å². The lowest BCUT2D eigenvalue weighted by Gasteiger charge is -2.37. The first kappa shape index (κ1) is 17.8. The predicted molar refractivity (Wildman–Crippen MR) is 88.5 cm³/mol. The second kappa shape index (κ2) is 7.11. The van der Waals surface area contributed by atoms with Crippen LogP contribution in [0.15, 0.2) is 33.6 Å². The highest BCUT2D eigenvalue weighted by molar-refractivity contribution is 7.89. The van der Waals surface area contributed by atoms with Gasteiger partial charge in [-0.1, -0.05) is 26.0 Å². The van der Waals surface area contributed by atoms with Crippen molar-refractivity contribution in [3.63, 3.8) is 0 Å². The zero-order chi connectivity index (χ0) is 18.0. The molecule has 9 heteroatoms. The molecule has 136 valence electrons. The largest absolute Gasteiger partial charge is 0.482 e. The number of nitrogens with zero attached hydrogens (tertiary/aromatic N) is 3. The minimum Gasteiger partial charge on any atom is -0.482 e. The molecule has 1 fully saturated rings. The number of hydrogen-bond acceptors (Lipinski definition) is 7. The van der Waals surface area contributed by atoms with Crippen molar-refractivity contribution in [2.75, 3.05) is 19.7 Å². The van der Waals surface area contributed by atoms with Crippen molar-refractivity contribution in [2.24, 2.45) is 5.92 Å². The molecule has 0 aliphatic carbocycles. The van der Waals surface area contributed by atoms with Gasteiger partial charge in [0.1, 0.15) is 10.6 Å². The van der Waals surface area contributed by atoms with Gasteiger partial charge in [0.15, 0.2) is 6.61 Å². The maximum atomic E-state index is 12.7. The number of aliphatic hydroxyl groups excluding tert-OH is 1. The molecule has 2 aromatic rings. The fraction of sp³-hybridized carbons (Fsp3) is 0.500. The molecule has 1 aromatic carbocycles. The Balaban J connectivity index is 1.74. The number of hydrogen-bond donors (Lipinski definition) is 1. The van der Waals surface area contributed by atoms with E-state index < -0.39 is 10.0 Å². The molecule has 25 heavy (non-hydrogen) atoms. The van der Waals surface area contributed by atoms with Crippen LogP contribution in [0.5, 0.6) is 5.75 Å². The van der Waals surface area contributed by atoms with Crippen LogP contribution >= 0.6 is 0 Å². The van der Waals surface area contributed by atoms with Crippen molar-refractivity contribution < 1.29 is 22.7 Å². The van der Waals surface area contributed by atoms with Gasteiger partial charge >= 0.3 is 0 Å². The van der Waals surface area contributed by atoms with Crippen LogP contribution in [0.25, 0.3) is 0 Å². The quantitative estimate of drug-likeness (QED) is 0.788. The van der Waals surface area contributed by atoms with Gasteiger partial charge in [-0.3, -0.25) is 0 Å². The van der Waals surface area contributed by atoms with Crippen LogP contribution in [-0.4, -0.2) is 47.7 Å². The molecule has 1 aromatic heterocycles. The third-order valence-corrected chi connectivity index (χ3v) is 5.85. The Hall–Kier alpha value is -1.97. The summed E-state index contributed by atoms with van der Waals surface area (Å²) in [5.41, 5.74) is 0. The van der Waals surface area contributed by atoms with Gasteiger partial charge in [0.05, 0.1) is 0 Å². The summed E-state index contributed by atoms with van der Waals surface area (Å²) in [4.78, 5) is 0.0926. The third kappa shape index (κ3) is 3.68. The van der Waals surface area contributed by atoms with Crippen LogP contribution in [0.3, 0.4) is 0 Å². The predicted octanol–water partition coefficient (Wildman–Crippen LogP) is 1.38. The average Bonchev–Trinajstić information content (AvgIpc) is 3.01. The summed E-state index contributed by atoms with van der Waals surface area (Å²) in [5.74, 6) is 1.14. The summed E-state index contributed by atoms with van der Waals surface area (Å²) in [7, 11) is -3.66. The molecule has 0 amide bonds. The highest BCUT2D eigenvalue weighted by atomic mass is 32.2. The van der Waals surface area contributed by atoms with E-state index in [2.05, 4.69) is 10.2 Å². The summed E-state index contributed by atoms with van der Waals surface area (Å²) >= 11 is 0. The lowest BCUT2D eigenvalue weighted by molar-refractivity contribution is 0.117. The molecule has 0 saturated carbocycles. The number of ether oxygens (including phenoxy) is 1. The van der Waals surface area contributed by atoms with Gasteiger partial charge in [-0.2, -0.15) is 4.31 Å². The number of sulfonamides is 1. The van der Waals surface area contributed by atoms with Crippen molar-refractivity contribution in [1.29, 1.82) is 0 Å². The summed E-state index contributed by atoms with van der Waals surface area (Å²) in [6, 6.07) is 6.45. The second-order valence-electron chi connectivity index (χ2n) is 6.29. The molecule has 2 heterocycles. The van der Waals surface area contributed by atoms with E-state index in [4.69, 9.17) is 14.3 Å². The van der Waals surface area contributed by atoms with Crippen LogP contribution < -0.4 is 4.74 Å². The summed E-state index contributed by atoms with van der Waals surface area (Å²) in [6.45, 7) is 4.48. The number of para-hydroxylation sites is 1. The highest BCUT2D eigenvalue weighted by Gasteiger charge is 2.37. The smallest absolute Gasteiger partial charge is 0.253 e. The van der Waals surface area contributed by atoms with Crippen molar-refractivity contribution in [2.45, 2.75) is 31.3 Å². The van der Waals surface area contributed by atoms with Crippen molar-refractivity contribution in [3.8, 4) is 5.75 Å². The monoisotopic (exact) mass is 367 g/mol. The molecule has 3 rings (SSSR count). The van der Waals surface area contributed by atoms with Crippen molar-refractivity contribution in [1.82, 2.24) is 14.5 Å². The van der Waals surface area contributed by atoms with E-state index in [-0.39, 0.29) is 35.7 Å². The normalized spacial score (nSPS) is 16.2. The van der Waals surface area contributed by atoms with Gasteiger partial charge in [0.25, 0.3) is 5.89 Å². The number of aliphatic hydroxyl groups is 1. The minimum atomic E-state index is -3.66. The van der Waals surface area contributed by atoms with Crippen LogP contribution in [0, 0.1) is 5.92 Å². The van der Waals surface area contributed by atoms with E-state index >= 15 is 0 Å². The van der Waals surface area contributed by atoms with E-state index in [1.807, 2.05) is 13.8 Å². The molecule has 0 unspecified atom stereocenters. The minimum absolute atomic E-state index is 0.00398. The Bertz CT molecular complexity index is 828. The Kier molecular flexibility index (Phi) is 5.07. The Labute approximate surface area is 146 Å². The molecular weight excluding hydrogens is 346 g/mol. The van der Waals surface area contributed by atoms with Crippen LogP contribution in [0.4, 0.5) is 0 Å². The molecule has 1 aliphatic heterocycles. The molecule has 1 N–H and O–H groups in total. The molecule has 0 radical (unpaired) electrons. The molecule has 8 nitrogen and oxygen atoms in total. The fourth-order valence-corrected chi connectivity index (χ4v) is 4.18. The SMILES string of the molecule is CC(C)c1nnc(COc2ccccc2S(=O)(=O)N2CC(CO)C2)o1. The average molecular weight is 367 g/mol. The second-order valence-corrected chi connectivity index (χ2v) is 8.20. The number of rotatable bonds is 7. The first-order valence-corrected chi connectivity index (χ1v) is 9.51. The zero-order valence-electron chi connectivity index (χ0n) is 14.1. The van der Waals surface area contributed by atoms with Crippen LogP contribution in [0.2, 0.25) is 0 Å². The molecule has 1 saturated heterocycles. The van der Waals surface area contributed by atoms with Crippen LogP contribution in [0.1, 0.15) is 31.5 Å². The lowest BCUT2D eigenvalue weighted by Crippen LogP contribution is -2.51. The topological polar surface area (TPSA) is 106 Å². The van der Waals surface area contributed by atoms with E-state index in [1.54, 1.807) is 18.2 Å². The standard InChI is InChI=1S/C16H21N3O5S/c1-11(2)16-18-17-15(24-16)10-23-13-5-3-4-6-14(13)25(21,22)19-7-12(8-19)9-20/h3-6,11-12,20H,7-10H2,1-2H3. The van der Waals surface area contributed by atoms with Gasteiger partial charge in [-0.05, 0) is 12.1 Å².